The van der Waals surface area contributed by atoms with Gasteiger partial charge in [-0.25, -0.2) is 9.07 Å². The minimum Gasteiger partial charge on any atom is -0.497 e. The van der Waals surface area contributed by atoms with Crippen molar-refractivity contribution in [1.82, 2.24) is 19.2 Å². The topological polar surface area (TPSA) is 78.6 Å². The van der Waals surface area contributed by atoms with Crippen molar-refractivity contribution in [2.24, 2.45) is 7.05 Å². The van der Waals surface area contributed by atoms with Crippen LogP contribution in [-0.4, -0.2) is 45.2 Å². The standard InChI is InChI=1S/C33H31FN4O4/c1-36-28(21-37-16-6-7-17-37)32(33(40)38(36)23-8-4-3-5-9-23)29(39)19-22-10-13-31(26(34)18-22)42-30-14-15-35-27-20-24(41-2)11-12-25(27)30/h3-5,8-15,18,20H,6-7,16-17,19,21H2,1-2H3. The number of ketones is 1. The fraction of sp³-hybridized carbons (Fsp3) is 0.242. The monoisotopic (exact) mass is 566 g/mol. The van der Waals surface area contributed by atoms with Crippen LogP contribution in [0.3, 0.4) is 0 Å². The number of pyridine rings is 1. The molecule has 3 aromatic carbocycles. The molecule has 1 aliphatic heterocycles. The molecule has 6 rings (SSSR count). The first-order chi connectivity index (χ1) is 20.4. The Morgan fingerprint density at radius 2 is 1.76 bits per heavy atom. The number of halogens is 1. The lowest BCUT2D eigenvalue weighted by Gasteiger charge is -2.17. The Kier molecular flexibility index (Phi) is 7.58. The maximum absolute atomic E-state index is 15.3. The Bertz CT molecular complexity index is 1820. The lowest BCUT2D eigenvalue weighted by atomic mass is 10.0. The van der Waals surface area contributed by atoms with Crippen LogP contribution in [0.15, 0.2) is 83.8 Å². The van der Waals surface area contributed by atoms with E-state index in [-0.39, 0.29) is 29.1 Å². The summed E-state index contributed by atoms with van der Waals surface area (Å²) in [5, 5.41) is 0.709. The highest BCUT2D eigenvalue weighted by Gasteiger charge is 2.27. The third-order valence-electron chi connectivity index (χ3n) is 7.73. The lowest BCUT2D eigenvalue weighted by Crippen LogP contribution is -2.23. The van der Waals surface area contributed by atoms with Gasteiger partial charge in [0.2, 0.25) is 0 Å². The van der Waals surface area contributed by atoms with E-state index >= 15 is 4.39 Å². The number of hydrogen-bond donors (Lipinski definition) is 0. The zero-order chi connectivity index (χ0) is 29.2. The molecule has 5 aromatic rings. The van der Waals surface area contributed by atoms with Crippen molar-refractivity contribution in [2.45, 2.75) is 25.8 Å². The molecule has 1 aliphatic rings. The Morgan fingerprint density at radius 1 is 0.976 bits per heavy atom. The van der Waals surface area contributed by atoms with Crippen LogP contribution in [-0.2, 0) is 20.0 Å². The molecule has 1 fully saturated rings. The number of ether oxygens (including phenoxy) is 2. The average Bonchev–Trinajstić information content (AvgIpc) is 3.60. The van der Waals surface area contributed by atoms with E-state index in [4.69, 9.17) is 9.47 Å². The summed E-state index contributed by atoms with van der Waals surface area (Å²) in [7, 11) is 3.38. The van der Waals surface area contributed by atoms with E-state index in [2.05, 4.69) is 9.88 Å². The quantitative estimate of drug-likeness (QED) is 0.214. The predicted octanol–water partition coefficient (Wildman–Crippen LogP) is 5.69. The summed E-state index contributed by atoms with van der Waals surface area (Å²) >= 11 is 0. The van der Waals surface area contributed by atoms with Gasteiger partial charge in [0.25, 0.3) is 5.56 Å². The molecule has 214 valence electrons. The van der Waals surface area contributed by atoms with Crippen LogP contribution in [0.25, 0.3) is 16.6 Å². The molecule has 1 saturated heterocycles. The Hall–Kier alpha value is -4.76. The first kappa shape index (κ1) is 27.4. The van der Waals surface area contributed by atoms with Crippen LogP contribution in [0.1, 0.15) is 34.5 Å². The molecule has 0 radical (unpaired) electrons. The van der Waals surface area contributed by atoms with Gasteiger partial charge in [-0.05, 0) is 74.0 Å². The van der Waals surface area contributed by atoms with Crippen molar-refractivity contribution in [3.05, 3.63) is 112 Å². The van der Waals surface area contributed by atoms with Gasteiger partial charge in [-0.15, -0.1) is 0 Å². The highest BCUT2D eigenvalue weighted by molar-refractivity contribution is 5.98. The molecule has 0 atom stereocenters. The molecule has 0 saturated carbocycles. The lowest BCUT2D eigenvalue weighted by molar-refractivity contribution is 0.0990. The van der Waals surface area contributed by atoms with E-state index in [1.54, 1.807) is 49.3 Å². The minimum atomic E-state index is -0.606. The van der Waals surface area contributed by atoms with E-state index in [1.807, 2.05) is 36.4 Å². The summed E-state index contributed by atoms with van der Waals surface area (Å²) in [5.41, 5.74) is 2.23. The Balaban J connectivity index is 1.28. The highest BCUT2D eigenvalue weighted by Crippen LogP contribution is 2.32. The van der Waals surface area contributed by atoms with Gasteiger partial charge in [-0.1, -0.05) is 24.3 Å². The molecule has 0 spiro atoms. The van der Waals surface area contributed by atoms with Gasteiger partial charge in [-0.2, -0.15) is 0 Å². The van der Waals surface area contributed by atoms with Gasteiger partial charge >= 0.3 is 0 Å². The number of rotatable bonds is 9. The van der Waals surface area contributed by atoms with Crippen molar-refractivity contribution in [3.63, 3.8) is 0 Å². The summed E-state index contributed by atoms with van der Waals surface area (Å²) in [4.78, 5) is 34.0. The molecule has 3 heterocycles. The van der Waals surface area contributed by atoms with Crippen molar-refractivity contribution in [2.75, 3.05) is 20.2 Å². The van der Waals surface area contributed by atoms with Crippen LogP contribution < -0.4 is 15.0 Å². The van der Waals surface area contributed by atoms with Crippen LogP contribution in [0, 0.1) is 5.82 Å². The summed E-state index contributed by atoms with van der Waals surface area (Å²) in [6, 6.07) is 20.8. The number of carbonyl (C=O) groups is 1. The zero-order valence-corrected chi connectivity index (χ0v) is 23.5. The number of methoxy groups -OCH3 is 1. The number of hydrogen-bond acceptors (Lipinski definition) is 6. The highest BCUT2D eigenvalue weighted by atomic mass is 19.1. The molecule has 8 nitrogen and oxygen atoms in total. The van der Waals surface area contributed by atoms with Crippen molar-refractivity contribution >= 4 is 16.7 Å². The van der Waals surface area contributed by atoms with Crippen LogP contribution >= 0.6 is 0 Å². The smallest absolute Gasteiger partial charge is 0.282 e. The van der Waals surface area contributed by atoms with E-state index in [9.17, 15) is 9.59 Å². The molecule has 2 aromatic heterocycles. The Morgan fingerprint density at radius 3 is 2.50 bits per heavy atom. The summed E-state index contributed by atoms with van der Waals surface area (Å²) < 4.78 is 29.8. The third-order valence-corrected chi connectivity index (χ3v) is 7.73. The molecule has 0 amide bonds. The van der Waals surface area contributed by atoms with Gasteiger partial charge in [0.1, 0.15) is 17.1 Å². The molecule has 0 aliphatic carbocycles. The number of benzene rings is 3. The Labute approximate surface area is 242 Å². The normalized spacial score (nSPS) is 13.5. The van der Waals surface area contributed by atoms with Crippen molar-refractivity contribution in [1.29, 1.82) is 0 Å². The number of carbonyl (C=O) groups excluding carboxylic acids is 1. The predicted molar refractivity (Wildman–Crippen MR) is 158 cm³/mol. The second kappa shape index (κ2) is 11.6. The van der Waals surface area contributed by atoms with Gasteiger partial charge in [-0.3, -0.25) is 24.2 Å². The molecular weight excluding hydrogens is 535 g/mol. The van der Waals surface area contributed by atoms with Crippen LogP contribution in [0.4, 0.5) is 4.39 Å². The summed E-state index contributed by atoms with van der Waals surface area (Å²) in [6.45, 7) is 2.34. The van der Waals surface area contributed by atoms with Gasteiger partial charge in [0.05, 0.1) is 24.0 Å². The van der Waals surface area contributed by atoms with Gasteiger partial charge in [0.15, 0.2) is 17.3 Å². The second-order valence-electron chi connectivity index (χ2n) is 10.4. The first-order valence-electron chi connectivity index (χ1n) is 13.9. The number of nitrogens with zero attached hydrogens (tertiary/aromatic N) is 4. The fourth-order valence-electron chi connectivity index (χ4n) is 5.57. The number of para-hydroxylation sites is 1. The zero-order valence-electron chi connectivity index (χ0n) is 23.5. The molecule has 42 heavy (non-hydrogen) atoms. The maximum Gasteiger partial charge on any atom is 0.282 e. The molecule has 0 unspecified atom stereocenters. The number of aromatic nitrogens is 3. The molecule has 0 bridgehead atoms. The molecule has 9 heteroatoms. The summed E-state index contributed by atoms with van der Waals surface area (Å²) in [5.74, 6) is 0.176. The number of likely N-dealkylation sites (tertiary alicyclic amines) is 1. The SMILES string of the molecule is COc1ccc2c(Oc3ccc(CC(=O)c4c(CN5CCCC5)n(C)n(-c5ccccc5)c4=O)cc3F)ccnc2c1. The van der Waals surface area contributed by atoms with E-state index in [0.29, 0.717) is 45.9 Å². The van der Waals surface area contributed by atoms with E-state index in [0.717, 1.165) is 25.9 Å². The number of fused-ring (bicyclic) bond motifs is 1. The average molecular weight is 567 g/mol. The van der Waals surface area contributed by atoms with E-state index in [1.165, 1.54) is 16.8 Å². The number of Topliss-reactive ketones (excluding diaryl/α,β-unsaturated/α-hetero) is 1. The van der Waals surface area contributed by atoms with Crippen molar-refractivity contribution in [3.8, 4) is 22.9 Å². The fourth-order valence-corrected chi connectivity index (χ4v) is 5.57. The van der Waals surface area contributed by atoms with Crippen molar-refractivity contribution < 1.29 is 18.7 Å². The van der Waals surface area contributed by atoms with Crippen LogP contribution in [0.2, 0.25) is 0 Å². The second-order valence-corrected chi connectivity index (χ2v) is 10.4. The van der Waals surface area contributed by atoms with Gasteiger partial charge < -0.3 is 9.47 Å². The summed E-state index contributed by atoms with van der Waals surface area (Å²) in [6.07, 6.45) is 3.65. The van der Waals surface area contributed by atoms with Gasteiger partial charge in [0, 0.05) is 37.7 Å². The minimum absolute atomic E-state index is 0.0235. The van der Waals surface area contributed by atoms with Crippen LogP contribution in [0.5, 0.6) is 17.2 Å². The first-order valence-corrected chi connectivity index (χ1v) is 13.9. The van der Waals surface area contributed by atoms with E-state index < -0.39 is 5.82 Å². The molecular formula is C33H31FN4O4. The molecule has 0 N–H and O–H groups in total. The third kappa shape index (κ3) is 5.31. The largest absolute Gasteiger partial charge is 0.497 e. The maximum atomic E-state index is 15.3.